The number of amides is 2. The first-order valence-corrected chi connectivity index (χ1v) is 14.5. The Balaban J connectivity index is 1.29. The van der Waals surface area contributed by atoms with Gasteiger partial charge < -0.3 is 15.5 Å². The summed E-state index contributed by atoms with van der Waals surface area (Å²) in [5.74, 6) is 1.96. The highest BCUT2D eigenvalue weighted by Gasteiger charge is 2.29. The largest absolute Gasteiger partial charge is 0.375 e. The van der Waals surface area contributed by atoms with Crippen LogP contribution in [0, 0.1) is 11.7 Å². The third-order valence-corrected chi connectivity index (χ3v) is 8.82. The quantitative estimate of drug-likeness (QED) is 0.452. The molecule has 0 unspecified atom stereocenters. The summed E-state index contributed by atoms with van der Waals surface area (Å²) in [4.78, 5) is 28.1. The zero-order valence-electron chi connectivity index (χ0n) is 20.3. The maximum Gasteiger partial charge on any atom is 0.253 e. The lowest BCUT2D eigenvalue weighted by atomic mass is 9.85. The first-order valence-electron chi connectivity index (χ1n) is 13.0. The first kappa shape index (κ1) is 26.4. The van der Waals surface area contributed by atoms with Crippen molar-refractivity contribution in [2.75, 3.05) is 24.7 Å². The predicted octanol–water partition coefficient (Wildman–Crippen LogP) is 3.86. The third-order valence-electron chi connectivity index (χ3n) is 7.47. The molecule has 2 saturated heterocycles. The monoisotopic (exact) mass is 520 g/mol. The van der Waals surface area contributed by atoms with Gasteiger partial charge in [0.25, 0.3) is 5.91 Å². The molecule has 0 aromatic heterocycles. The summed E-state index contributed by atoms with van der Waals surface area (Å²) < 4.78 is 13.2. The normalized spacial score (nSPS) is 22.5. The summed E-state index contributed by atoms with van der Waals surface area (Å²) in [7, 11) is 0. The number of hydrogen-bond donors (Lipinski definition) is 3. The highest BCUT2D eigenvalue weighted by atomic mass is 32.2. The zero-order valence-corrected chi connectivity index (χ0v) is 21.9. The second-order valence-corrected chi connectivity index (χ2v) is 11.5. The van der Waals surface area contributed by atoms with Crippen molar-refractivity contribution in [1.82, 2.24) is 20.9 Å². The minimum Gasteiger partial charge on any atom is -0.375 e. The number of thioether (sulfide) groups is 1. The molecule has 2 atom stereocenters. The van der Waals surface area contributed by atoms with Gasteiger partial charge >= 0.3 is 0 Å². The van der Waals surface area contributed by atoms with Gasteiger partial charge in [0.2, 0.25) is 5.91 Å². The Hall–Kier alpha value is -1.71. The van der Waals surface area contributed by atoms with Crippen molar-refractivity contribution >= 4 is 40.8 Å². The Kier molecular flexibility index (Phi) is 9.80. The van der Waals surface area contributed by atoms with Gasteiger partial charge in [-0.2, -0.15) is 0 Å². The van der Waals surface area contributed by atoms with E-state index in [1.165, 1.54) is 56.4 Å². The first-order chi connectivity index (χ1) is 17.0. The fourth-order valence-electron chi connectivity index (χ4n) is 5.29. The molecule has 1 aromatic rings. The van der Waals surface area contributed by atoms with Crippen LogP contribution in [0.4, 0.5) is 4.39 Å². The van der Waals surface area contributed by atoms with Crippen LogP contribution in [-0.4, -0.2) is 64.5 Å². The van der Waals surface area contributed by atoms with E-state index in [1.807, 2.05) is 4.90 Å². The molecule has 0 radical (unpaired) electrons. The molecule has 2 heterocycles. The number of nitrogens with one attached hydrogen (secondary N) is 3. The standard InChI is InChI=1S/C26H37FN4O2S2/c27-20-9-7-19(8-10-20)26(33)31-14-12-21(13-15-31)29-25(34)22(11-6-18-4-2-1-3-5-18)30-24(32)23-16-35-17-28-23/h7-10,18,21-23,28H,1-6,11-17H2,(H,29,34)(H,30,32)/t22-,23+/m1/s1. The van der Waals surface area contributed by atoms with E-state index in [2.05, 4.69) is 16.0 Å². The number of carbonyl (C=O) groups excluding carboxylic acids is 2. The Labute approximate surface area is 217 Å². The SMILES string of the molecule is O=C(N[C@H](CCC1CCCCC1)C(=S)NC1CCN(C(=O)c2ccc(F)cc2)CC1)[C@@H]1CSCN1. The number of nitrogens with zero attached hydrogens (tertiary/aromatic N) is 1. The van der Waals surface area contributed by atoms with E-state index in [4.69, 9.17) is 12.2 Å². The Bertz CT molecular complexity index is 865. The molecule has 2 aliphatic heterocycles. The van der Waals surface area contributed by atoms with E-state index in [0.717, 1.165) is 43.2 Å². The smallest absolute Gasteiger partial charge is 0.253 e. The maximum absolute atomic E-state index is 13.2. The second kappa shape index (κ2) is 13.0. The molecular weight excluding hydrogens is 483 g/mol. The van der Waals surface area contributed by atoms with Crippen molar-refractivity contribution in [2.24, 2.45) is 5.92 Å². The van der Waals surface area contributed by atoms with Crippen molar-refractivity contribution in [2.45, 2.75) is 75.9 Å². The van der Waals surface area contributed by atoms with Crippen LogP contribution in [0.2, 0.25) is 0 Å². The number of hydrogen-bond acceptors (Lipinski definition) is 5. The average Bonchev–Trinajstić information content (AvgIpc) is 3.43. The van der Waals surface area contributed by atoms with Crippen LogP contribution >= 0.6 is 24.0 Å². The Morgan fingerprint density at radius 1 is 1.11 bits per heavy atom. The molecule has 2 amide bonds. The number of likely N-dealkylation sites (tertiary alicyclic amines) is 1. The van der Waals surface area contributed by atoms with E-state index in [0.29, 0.717) is 23.6 Å². The van der Waals surface area contributed by atoms with Gasteiger partial charge in [-0.25, -0.2) is 4.39 Å². The molecule has 4 rings (SSSR count). The van der Waals surface area contributed by atoms with E-state index < -0.39 is 0 Å². The number of carbonyl (C=O) groups is 2. The topological polar surface area (TPSA) is 73.5 Å². The summed E-state index contributed by atoms with van der Waals surface area (Å²) in [5.41, 5.74) is 0.512. The molecule has 9 heteroatoms. The summed E-state index contributed by atoms with van der Waals surface area (Å²) in [5, 5.41) is 9.99. The lowest BCUT2D eigenvalue weighted by Gasteiger charge is -2.34. The molecule has 35 heavy (non-hydrogen) atoms. The van der Waals surface area contributed by atoms with Crippen LogP contribution in [0.15, 0.2) is 24.3 Å². The van der Waals surface area contributed by atoms with E-state index in [1.54, 1.807) is 11.8 Å². The van der Waals surface area contributed by atoms with Crippen molar-refractivity contribution in [3.05, 3.63) is 35.6 Å². The van der Waals surface area contributed by atoms with Crippen LogP contribution in [0.5, 0.6) is 0 Å². The fourth-order valence-corrected chi connectivity index (χ4v) is 6.57. The van der Waals surface area contributed by atoms with Gasteiger partial charge in [-0.1, -0.05) is 44.3 Å². The van der Waals surface area contributed by atoms with E-state index in [-0.39, 0.29) is 35.8 Å². The number of thiocarbonyl (C=S) groups is 1. The van der Waals surface area contributed by atoms with Gasteiger partial charge in [-0.15, -0.1) is 11.8 Å². The number of benzene rings is 1. The van der Waals surface area contributed by atoms with Crippen LogP contribution < -0.4 is 16.0 Å². The van der Waals surface area contributed by atoms with Crippen LogP contribution in [0.3, 0.4) is 0 Å². The summed E-state index contributed by atoms with van der Waals surface area (Å²) in [6.07, 6.45) is 10.0. The lowest BCUT2D eigenvalue weighted by Crippen LogP contribution is -2.54. The fraction of sp³-hybridized carbons (Fsp3) is 0.654. The molecule has 3 aliphatic rings. The highest BCUT2D eigenvalue weighted by Crippen LogP contribution is 2.28. The highest BCUT2D eigenvalue weighted by molar-refractivity contribution is 7.99. The van der Waals surface area contributed by atoms with Gasteiger partial charge in [-0.3, -0.25) is 14.9 Å². The molecule has 1 aromatic carbocycles. The number of piperidine rings is 1. The van der Waals surface area contributed by atoms with Gasteiger partial charge in [0.1, 0.15) is 5.82 Å². The minimum absolute atomic E-state index is 0.0347. The van der Waals surface area contributed by atoms with Crippen LogP contribution in [0.1, 0.15) is 68.1 Å². The predicted molar refractivity (Wildman–Crippen MR) is 143 cm³/mol. The van der Waals surface area contributed by atoms with Gasteiger partial charge in [0.15, 0.2) is 0 Å². The Morgan fingerprint density at radius 2 is 1.83 bits per heavy atom. The van der Waals surface area contributed by atoms with Crippen molar-refractivity contribution < 1.29 is 14.0 Å². The van der Waals surface area contributed by atoms with Crippen molar-refractivity contribution in [3.8, 4) is 0 Å². The molecule has 3 N–H and O–H groups in total. The third kappa shape index (κ3) is 7.64. The minimum atomic E-state index is -0.342. The molecule has 3 fully saturated rings. The molecule has 0 bridgehead atoms. The summed E-state index contributed by atoms with van der Waals surface area (Å²) in [6, 6.07) is 5.58. The number of halogens is 1. The molecule has 6 nitrogen and oxygen atoms in total. The van der Waals surface area contributed by atoms with Gasteiger partial charge in [-0.05, 0) is 55.9 Å². The average molecular weight is 521 g/mol. The van der Waals surface area contributed by atoms with E-state index >= 15 is 0 Å². The summed E-state index contributed by atoms with van der Waals surface area (Å²) >= 11 is 7.56. The van der Waals surface area contributed by atoms with Crippen LogP contribution in [-0.2, 0) is 4.79 Å². The molecule has 1 aliphatic carbocycles. The Morgan fingerprint density at radius 3 is 2.49 bits per heavy atom. The molecular formula is C26H37FN4O2S2. The van der Waals surface area contributed by atoms with Crippen molar-refractivity contribution in [1.29, 1.82) is 0 Å². The van der Waals surface area contributed by atoms with Gasteiger partial charge in [0, 0.05) is 36.3 Å². The lowest BCUT2D eigenvalue weighted by molar-refractivity contribution is -0.122. The molecule has 192 valence electrons. The summed E-state index contributed by atoms with van der Waals surface area (Å²) in [6.45, 7) is 1.25. The second-order valence-electron chi connectivity index (χ2n) is 10.00. The van der Waals surface area contributed by atoms with Crippen LogP contribution in [0.25, 0.3) is 0 Å². The van der Waals surface area contributed by atoms with E-state index in [9.17, 15) is 14.0 Å². The van der Waals surface area contributed by atoms with Crippen molar-refractivity contribution in [3.63, 3.8) is 0 Å². The molecule has 0 spiro atoms. The zero-order chi connectivity index (χ0) is 24.6. The van der Waals surface area contributed by atoms with Gasteiger partial charge in [0.05, 0.1) is 17.1 Å². The number of rotatable bonds is 8. The maximum atomic E-state index is 13.2. The molecule has 1 saturated carbocycles.